The fourth-order valence-corrected chi connectivity index (χ4v) is 2.52. The highest BCUT2D eigenvalue weighted by Gasteiger charge is 2.20. The Morgan fingerprint density at radius 3 is 2.87 bits per heavy atom. The predicted octanol–water partition coefficient (Wildman–Crippen LogP) is 3.34. The summed E-state index contributed by atoms with van der Waals surface area (Å²) >= 11 is 0. The molecule has 0 bridgehead atoms. The van der Waals surface area contributed by atoms with Crippen molar-refractivity contribution in [2.45, 2.75) is 6.42 Å². The maximum absolute atomic E-state index is 13.5. The molecule has 2 aromatic rings. The number of amides is 2. The second kappa shape index (κ2) is 6.64. The summed E-state index contributed by atoms with van der Waals surface area (Å²) in [7, 11) is 0. The van der Waals surface area contributed by atoms with E-state index in [1.807, 2.05) is 24.3 Å². The Morgan fingerprint density at radius 1 is 1.22 bits per heavy atom. The van der Waals surface area contributed by atoms with Crippen molar-refractivity contribution in [2.24, 2.45) is 5.92 Å². The molecule has 0 aliphatic carbocycles. The Hall–Kier alpha value is -2.63. The number of benzene rings is 2. The minimum absolute atomic E-state index is 0.0610. The topological polar surface area (TPSA) is 50.4 Å². The molecule has 6 heteroatoms. The lowest BCUT2D eigenvalue weighted by Gasteiger charge is -2.25. The first-order chi connectivity index (χ1) is 11.1. The Kier molecular flexibility index (Phi) is 4.41. The van der Waals surface area contributed by atoms with Gasteiger partial charge in [-0.15, -0.1) is 0 Å². The third kappa shape index (κ3) is 3.77. The Labute approximate surface area is 132 Å². The smallest absolute Gasteiger partial charge is 0.319 e. The molecule has 2 N–H and O–H groups in total. The van der Waals surface area contributed by atoms with Crippen molar-refractivity contribution in [2.75, 3.05) is 18.5 Å². The summed E-state index contributed by atoms with van der Waals surface area (Å²) in [6.07, 6.45) is 0.807. The molecule has 0 aromatic heterocycles. The molecule has 1 heterocycles. The molecule has 4 nitrogen and oxygen atoms in total. The van der Waals surface area contributed by atoms with Crippen LogP contribution in [0, 0.1) is 17.6 Å². The van der Waals surface area contributed by atoms with Crippen LogP contribution < -0.4 is 15.4 Å². The summed E-state index contributed by atoms with van der Waals surface area (Å²) in [5.41, 5.74) is 1.05. The zero-order valence-corrected chi connectivity index (χ0v) is 12.3. The van der Waals surface area contributed by atoms with E-state index in [1.54, 1.807) is 0 Å². The lowest BCUT2D eigenvalue weighted by molar-refractivity contribution is 0.215. The van der Waals surface area contributed by atoms with E-state index in [-0.39, 0.29) is 11.6 Å². The number of fused-ring (bicyclic) bond motifs is 1. The third-order valence-corrected chi connectivity index (χ3v) is 3.69. The summed E-state index contributed by atoms with van der Waals surface area (Å²) in [6.45, 7) is 0.922. The van der Waals surface area contributed by atoms with Crippen LogP contribution in [0.25, 0.3) is 0 Å². The molecule has 1 atom stereocenters. The molecule has 2 amide bonds. The van der Waals surface area contributed by atoms with Crippen LogP contribution in [-0.2, 0) is 6.42 Å². The molecule has 2 aromatic carbocycles. The number of hydrogen-bond donors (Lipinski definition) is 2. The van der Waals surface area contributed by atoms with Crippen molar-refractivity contribution < 1.29 is 18.3 Å². The van der Waals surface area contributed by atoms with Crippen LogP contribution in [0.15, 0.2) is 42.5 Å². The van der Waals surface area contributed by atoms with Crippen LogP contribution >= 0.6 is 0 Å². The number of halogens is 2. The molecule has 120 valence electrons. The van der Waals surface area contributed by atoms with Gasteiger partial charge < -0.3 is 15.4 Å². The minimum Gasteiger partial charge on any atom is -0.493 e. The number of para-hydroxylation sites is 1. The van der Waals surface area contributed by atoms with Gasteiger partial charge in [-0.3, -0.25) is 0 Å². The zero-order valence-electron chi connectivity index (χ0n) is 12.3. The SMILES string of the molecule is O=C(NCC1COc2ccccc2C1)Nc1ccc(F)cc1F. The Bertz CT molecular complexity index is 721. The first-order valence-corrected chi connectivity index (χ1v) is 7.32. The fraction of sp³-hybridized carbons (Fsp3) is 0.235. The molecule has 1 aliphatic rings. The van der Waals surface area contributed by atoms with Crippen LogP contribution in [0.5, 0.6) is 5.75 Å². The molecule has 0 fully saturated rings. The molecular formula is C17H16F2N2O2. The van der Waals surface area contributed by atoms with Gasteiger partial charge in [0.25, 0.3) is 0 Å². The number of carbonyl (C=O) groups is 1. The summed E-state index contributed by atoms with van der Waals surface area (Å²) in [5.74, 6) is -0.475. The van der Waals surface area contributed by atoms with E-state index in [0.29, 0.717) is 13.2 Å². The van der Waals surface area contributed by atoms with E-state index in [9.17, 15) is 13.6 Å². The number of anilines is 1. The highest BCUT2D eigenvalue weighted by atomic mass is 19.1. The lowest BCUT2D eigenvalue weighted by atomic mass is 9.97. The van der Waals surface area contributed by atoms with Crippen LogP contribution in [-0.4, -0.2) is 19.2 Å². The lowest BCUT2D eigenvalue weighted by Crippen LogP contribution is -2.37. The Balaban J connectivity index is 1.52. The highest BCUT2D eigenvalue weighted by molar-refractivity contribution is 5.89. The van der Waals surface area contributed by atoms with Gasteiger partial charge in [0.15, 0.2) is 0 Å². The first-order valence-electron chi connectivity index (χ1n) is 7.32. The van der Waals surface area contributed by atoms with E-state index in [0.717, 1.165) is 29.9 Å². The van der Waals surface area contributed by atoms with Gasteiger partial charge in [-0.05, 0) is 30.2 Å². The standard InChI is InChI=1S/C17H16F2N2O2/c18-13-5-6-15(14(19)8-13)21-17(22)20-9-11-7-12-3-1-2-4-16(12)23-10-11/h1-6,8,11H,7,9-10H2,(H2,20,21,22). The van der Waals surface area contributed by atoms with Crippen molar-refractivity contribution in [3.8, 4) is 5.75 Å². The molecular weight excluding hydrogens is 302 g/mol. The summed E-state index contributed by atoms with van der Waals surface area (Å²) in [5, 5.41) is 5.05. The average molecular weight is 318 g/mol. The van der Waals surface area contributed by atoms with Crippen molar-refractivity contribution in [1.29, 1.82) is 0 Å². The van der Waals surface area contributed by atoms with E-state index in [4.69, 9.17) is 4.74 Å². The molecule has 0 spiro atoms. The number of hydrogen-bond acceptors (Lipinski definition) is 2. The predicted molar refractivity (Wildman–Crippen MR) is 82.5 cm³/mol. The monoisotopic (exact) mass is 318 g/mol. The first kappa shape index (κ1) is 15.3. The number of rotatable bonds is 3. The largest absolute Gasteiger partial charge is 0.493 e. The minimum atomic E-state index is -0.810. The third-order valence-electron chi connectivity index (χ3n) is 3.69. The Morgan fingerprint density at radius 2 is 2.04 bits per heavy atom. The van der Waals surface area contributed by atoms with Crippen LogP contribution in [0.3, 0.4) is 0 Å². The highest BCUT2D eigenvalue weighted by Crippen LogP contribution is 2.26. The van der Waals surface area contributed by atoms with Crippen molar-refractivity contribution in [3.05, 3.63) is 59.7 Å². The molecule has 23 heavy (non-hydrogen) atoms. The molecule has 3 rings (SSSR count). The van der Waals surface area contributed by atoms with Crippen LogP contribution in [0.1, 0.15) is 5.56 Å². The van der Waals surface area contributed by atoms with Crippen LogP contribution in [0.4, 0.5) is 19.3 Å². The second-order valence-electron chi connectivity index (χ2n) is 5.45. The van der Waals surface area contributed by atoms with Gasteiger partial charge in [0.2, 0.25) is 0 Å². The van der Waals surface area contributed by atoms with E-state index in [1.165, 1.54) is 6.07 Å². The van der Waals surface area contributed by atoms with Crippen molar-refractivity contribution in [1.82, 2.24) is 5.32 Å². The van der Waals surface area contributed by atoms with Gasteiger partial charge in [-0.25, -0.2) is 13.6 Å². The van der Waals surface area contributed by atoms with E-state index >= 15 is 0 Å². The van der Waals surface area contributed by atoms with E-state index < -0.39 is 17.7 Å². The van der Waals surface area contributed by atoms with Gasteiger partial charge in [0.05, 0.1) is 12.3 Å². The average Bonchev–Trinajstić information content (AvgIpc) is 2.55. The zero-order chi connectivity index (χ0) is 16.2. The van der Waals surface area contributed by atoms with E-state index in [2.05, 4.69) is 10.6 Å². The van der Waals surface area contributed by atoms with Gasteiger partial charge >= 0.3 is 6.03 Å². The summed E-state index contributed by atoms with van der Waals surface area (Å²) in [4.78, 5) is 11.8. The van der Waals surface area contributed by atoms with Crippen molar-refractivity contribution >= 4 is 11.7 Å². The summed E-state index contributed by atoms with van der Waals surface area (Å²) in [6, 6.07) is 10.2. The molecule has 0 radical (unpaired) electrons. The molecule has 1 unspecified atom stereocenters. The quantitative estimate of drug-likeness (QED) is 0.912. The number of carbonyl (C=O) groups excluding carboxylic acids is 1. The van der Waals surface area contributed by atoms with Crippen LogP contribution in [0.2, 0.25) is 0 Å². The molecule has 0 saturated carbocycles. The van der Waals surface area contributed by atoms with Gasteiger partial charge in [-0.2, -0.15) is 0 Å². The van der Waals surface area contributed by atoms with Gasteiger partial charge in [-0.1, -0.05) is 18.2 Å². The number of urea groups is 1. The second-order valence-corrected chi connectivity index (χ2v) is 5.45. The maximum atomic E-state index is 13.5. The van der Waals surface area contributed by atoms with Crippen molar-refractivity contribution in [3.63, 3.8) is 0 Å². The molecule has 0 saturated heterocycles. The number of nitrogens with one attached hydrogen (secondary N) is 2. The number of ether oxygens (including phenoxy) is 1. The normalized spacial score (nSPS) is 16.2. The fourth-order valence-electron chi connectivity index (χ4n) is 2.52. The maximum Gasteiger partial charge on any atom is 0.319 e. The van der Waals surface area contributed by atoms with Gasteiger partial charge in [0.1, 0.15) is 17.4 Å². The molecule has 1 aliphatic heterocycles. The summed E-state index contributed by atoms with van der Waals surface area (Å²) < 4.78 is 31.9. The van der Waals surface area contributed by atoms with Gasteiger partial charge in [0, 0.05) is 18.5 Å².